The van der Waals surface area contributed by atoms with E-state index in [0.29, 0.717) is 0 Å². The molecule has 0 fully saturated rings. The van der Waals surface area contributed by atoms with Gasteiger partial charge in [0, 0.05) is 17.2 Å². The quantitative estimate of drug-likeness (QED) is 0.550. The molecule has 2 aromatic rings. The highest BCUT2D eigenvalue weighted by Gasteiger charge is 2.13. The Labute approximate surface area is 140 Å². The molecule has 114 valence electrons. The summed E-state index contributed by atoms with van der Waals surface area (Å²) in [6.45, 7) is 0.813. The minimum atomic E-state index is -0.838. The molecule has 21 heavy (non-hydrogen) atoms. The smallest absolute Gasteiger partial charge is 0.313 e. The van der Waals surface area contributed by atoms with Crippen molar-refractivity contribution >= 4 is 56.6 Å². The van der Waals surface area contributed by atoms with E-state index in [0.717, 1.165) is 45.9 Å². The van der Waals surface area contributed by atoms with Crippen molar-refractivity contribution in [2.24, 2.45) is 0 Å². The van der Waals surface area contributed by atoms with Crippen LogP contribution >= 0.6 is 39.5 Å². The molecule has 0 saturated heterocycles. The van der Waals surface area contributed by atoms with Crippen LogP contribution in [0.1, 0.15) is 12.8 Å². The van der Waals surface area contributed by atoms with Gasteiger partial charge in [0.25, 0.3) is 0 Å². The van der Waals surface area contributed by atoms with Crippen LogP contribution in [0.15, 0.2) is 21.9 Å². The van der Waals surface area contributed by atoms with Gasteiger partial charge in [0.05, 0.1) is 5.75 Å². The lowest BCUT2D eigenvalue weighted by Gasteiger charge is -2.07. The molecule has 0 aliphatic rings. The third-order valence-corrected chi connectivity index (χ3v) is 4.91. The van der Waals surface area contributed by atoms with E-state index in [1.54, 1.807) is 6.20 Å². The fraction of sp³-hybridized carbons (Fsp3) is 0.462. The molecule has 5 nitrogen and oxygen atoms in total. The van der Waals surface area contributed by atoms with Gasteiger partial charge in [-0.1, -0.05) is 11.8 Å². The van der Waals surface area contributed by atoms with E-state index in [4.69, 9.17) is 5.11 Å². The second kappa shape index (κ2) is 8.05. The number of rotatable bonds is 8. The SMILES string of the molecule is CSCCCCn1c(SCC(=O)O)nc2cc(Br)cnc21. The second-order valence-corrected chi connectivity index (χ2v) is 7.27. The first kappa shape index (κ1) is 16.6. The number of carboxylic acids is 1. The number of hydrogen-bond acceptors (Lipinski definition) is 5. The number of unbranched alkanes of at least 4 members (excludes halogenated alkanes) is 1. The van der Waals surface area contributed by atoms with Gasteiger partial charge in [0.2, 0.25) is 0 Å². The highest BCUT2D eigenvalue weighted by molar-refractivity contribution is 9.10. The molecule has 0 atom stereocenters. The van der Waals surface area contributed by atoms with Crippen molar-refractivity contribution in [1.29, 1.82) is 0 Å². The highest BCUT2D eigenvalue weighted by Crippen LogP contribution is 2.25. The summed E-state index contributed by atoms with van der Waals surface area (Å²) in [4.78, 5) is 19.7. The number of aliphatic carboxylic acids is 1. The number of thioether (sulfide) groups is 2. The van der Waals surface area contributed by atoms with Crippen molar-refractivity contribution < 1.29 is 9.90 Å². The maximum absolute atomic E-state index is 10.8. The number of halogens is 1. The van der Waals surface area contributed by atoms with E-state index in [-0.39, 0.29) is 5.75 Å². The van der Waals surface area contributed by atoms with Crippen LogP contribution in [0.25, 0.3) is 11.2 Å². The predicted molar refractivity (Wildman–Crippen MR) is 91.2 cm³/mol. The molecule has 0 bridgehead atoms. The zero-order valence-electron chi connectivity index (χ0n) is 11.6. The summed E-state index contributed by atoms with van der Waals surface area (Å²) in [5.41, 5.74) is 1.61. The third kappa shape index (κ3) is 4.62. The zero-order valence-corrected chi connectivity index (χ0v) is 14.8. The molecule has 0 radical (unpaired) electrons. The number of carbonyl (C=O) groups is 1. The Balaban J connectivity index is 2.23. The summed E-state index contributed by atoms with van der Waals surface area (Å²) in [5, 5.41) is 9.57. The van der Waals surface area contributed by atoms with Crippen LogP contribution < -0.4 is 0 Å². The summed E-state index contributed by atoms with van der Waals surface area (Å²) in [6.07, 6.45) is 6.00. The molecule has 0 saturated carbocycles. The van der Waals surface area contributed by atoms with E-state index >= 15 is 0 Å². The van der Waals surface area contributed by atoms with Gasteiger partial charge >= 0.3 is 5.97 Å². The normalized spacial score (nSPS) is 11.1. The summed E-state index contributed by atoms with van der Waals surface area (Å²) in [5.74, 6) is 0.300. The number of aromatic nitrogens is 3. The van der Waals surface area contributed by atoms with E-state index in [1.807, 2.05) is 22.4 Å². The Kier molecular flexibility index (Phi) is 6.38. The Hall–Kier alpha value is -0.730. The highest BCUT2D eigenvalue weighted by atomic mass is 79.9. The Morgan fingerprint density at radius 3 is 3.00 bits per heavy atom. The maximum atomic E-state index is 10.8. The van der Waals surface area contributed by atoms with E-state index < -0.39 is 5.97 Å². The van der Waals surface area contributed by atoms with Crippen LogP contribution in [0.5, 0.6) is 0 Å². The minimum Gasteiger partial charge on any atom is -0.481 e. The number of hydrogen-bond donors (Lipinski definition) is 1. The fourth-order valence-corrected chi connectivity index (χ4v) is 3.48. The molecule has 2 heterocycles. The summed E-state index contributed by atoms with van der Waals surface area (Å²) >= 11 is 6.46. The molecule has 0 unspecified atom stereocenters. The average Bonchev–Trinajstić information content (AvgIpc) is 2.78. The van der Waals surface area contributed by atoms with Crippen LogP contribution in [-0.4, -0.2) is 43.4 Å². The van der Waals surface area contributed by atoms with Crippen LogP contribution in [0.2, 0.25) is 0 Å². The molecule has 0 aromatic carbocycles. The van der Waals surface area contributed by atoms with Crippen LogP contribution in [0.3, 0.4) is 0 Å². The monoisotopic (exact) mass is 389 g/mol. The minimum absolute atomic E-state index is 0.00923. The third-order valence-electron chi connectivity index (χ3n) is 2.82. The fourth-order valence-electron chi connectivity index (χ4n) is 1.92. The van der Waals surface area contributed by atoms with Crippen molar-refractivity contribution in [2.75, 3.05) is 17.8 Å². The molecule has 0 amide bonds. The first-order valence-corrected chi connectivity index (χ1v) is 9.64. The molecule has 0 spiro atoms. The van der Waals surface area contributed by atoms with Gasteiger partial charge in [-0.2, -0.15) is 11.8 Å². The van der Waals surface area contributed by atoms with Crippen LogP contribution in [0, 0.1) is 0 Å². The first-order chi connectivity index (χ1) is 10.1. The van der Waals surface area contributed by atoms with Crippen molar-refractivity contribution in [3.05, 3.63) is 16.7 Å². The topological polar surface area (TPSA) is 68.0 Å². The summed E-state index contributed by atoms with van der Waals surface area (Å²) < 4.78 is 2.90. The molecule has 2 rings (SSSR count). The van der Waals surface area contributed by atoms with Gasteiger partial charge in [-0.25, -0.2) is 9.97 Å². The number of pyridine rings is 1. The zero-order chi connectivity index (χ0) is 15.2. The molecule has 8 heteroatoms. The van der Waals surface area contributed by atoms with Gasteiger partial charge in [-0.3, -0.25) is 4.79 Å². The number of imidazole rings is 1. The molecule has 0 aliphatic carbocycles. The number of fused-ring (bicyclic) bond motifs is 1. The van der Waals surface area contributed by atoms with Gasteiger partial charge in [0.15, 0.2) is 10.8 Å². The van der Waals surface area contributed by atoms with E-state index in [9.17, 15) is 4.79 Å². The summed E-state index contributed by atoms with van der Waals surface area (Å²) in [6, 6.07) is 1.91. The second-order valence-electron chi connectivity index (χ2n) is 4.42. The van der Waals surface area contributed by atoms with Crippen molar-refractivity contribution in [3.8, 4) is 0 Å². The summed E-state index contributed by atoms with van der Waals surface area (Å²) in [7, 11) is 0. The lowest BCUT2D eigenvalue weighted by atomic mass is 10.3. The molecule has 2 aromatic heterocycles. The van der Waals surface area contributed by atoms with Crippen molar-refractivity contribution in [1.82, 2.24) is 14.5 Å². The van der Waals surface area contributed by atoms with Gasteiger partial charge < -0.3 is 9.67 Å². The number of aryl methyl sites for hydroxylation is 1. The first-order valence-electron chi connectivity index (χ1n) is 6.47. The van der Waals surface area contributed by atoms with Crippen molar-refractivity contribution in [2.45, 2.75) is 24.5 Å². The lowest BCUT2D eigenvalue weighted by molar-refractivity contribution is -0.133. The standard InChI is InChI=1S/C13H16BrN3O2S2/c1-20-5-3-2-4-17-12-10(6-9(14)7-15-12)16-13(17)21-8-11(18)19/h6-7H,2-5,8H2,1H3,(H,18,19). The average molecular weight is 390 g/mol. The van der Waals surface area contributed by atoms with Crippen molar-refractivity contribution in [3.63, 3.8) is 0 Å². The van der Waals surface area contributed by atoms with E-state index in [1.165, 1.54) is 11.8 Å². The maximum Gasteiger partial charge on any atom is 0.313 e. The Morgan fingerprint density at radius 1 is 1.48 bits per heavy atom. The molecular weight excluding hydrogens is 374 g/mol. The molecule has 1 N–H and O–H groups in total. The number of nitrogens with zero attached hydrogens (tertiary/aromatic N) is 3. The Bertz CT molecular complexity index is 633. The largest absolute Gasteiger partial charge is 0.481 e. The molecule has 0 aliphatic heterocycles. The number of carboxylic acid groups (broad SMARTS) is 1. The lowest BCUT2D eigenvalue weighted by Crippen LogP contribution is -2.04. The van der Waals surface area contributed by atoms with Gasteiger partial charge in [0.1, 0.15) is 5.52 Å². The van der Waals surface area contributed by atoms with Gasteiger partial charge in [-0.15, -0.1) is 0 Å². The van der Waals surface area contributed by atoms with Crippen LogP contribution in [-0.2, 0) is 11.3 Å². The predicted octanol–water partition coefficient (Wildman–Crippen LogP) is 3.51. The Morgan fingerprint density at radius 2 is 2.29 bits per heavy atom. The molecular formula is C13H16BrN3O2S2. The van der Waals surface area contributed by atoms with E-state index in [2.05, 4.69) is 32.2 Å². The van der Waals surface area contributed by atoms with Crippen LogP contribution in [0.4, 0.5) is 0 Å². The van der Waals surface area contributed by atoms with Gasteiger partial charge in [-0.05, 0) is 46.8 Å².